The van der Waals surface area contributed by atoms with Gasteiger partial charge in [-0.3, -0.25) is 4.79 Å². The van der Waals surface area contributed by atoms with Crippen molar-refractivity contribution in [3.05, 3.63) is 52.7 Å². The lowest BCUT2D eigenvalue weighted by Gasteiger charge is -2.31. The molecule has 2 aromatic rings. The fourth-order valence-corrected chi connectivity index (χ4v) is 5.81. The highest BCUT2D eigenvalue weighted by molar-refractivity contribution is 7.89. The third-order valence-corrected chi connectivity index (χ3v) is 8.16. The van der Waals surface area contributed by atoms with Crippen LogP contribution in [0, 0.1) is 17.2 Å². The first-order valence-electron chi connectivity index (χ1n) is 11.2. The van der Waals surface area contributed by atoms with E-state index in [4.69, 9.17) is 16.3 Å². The molecule has 1 saturated heterocycles. The SMILES string of the molecule is CN(C)C(=O)c1ccc(OCCCCC2CCN(S(=O)(=O)c3ccccc3C#N)CC2)nc1Cl. The first kappa shape index (κ1) is 25.9. The van der Waals surface area contributed by atoms with Crippen LogP contribution in [-0.4, -0.2) is 62.3 Å². The van der Waals surface area contributed by atoms with Crippen molar-refractivity contribution >= 4 is 27.5 Å². The van der Waals surface area contributed by atoms with Crippen LogP contribution in [0.15, 0.2) is 41.3 Å². The number of nitriles is 1. The van der Waals surface area contributed by atoms with E-state index < -0.39 is 10.0 Å². The molecule has 0 aliphatic carbocycles. The highest BCUT2D eigenvalue weighted by Gasteiger charge is 2.30. The van der Waals surface area contributed by atoms with Gasteiger partial charge in [-0.2, -0.15) is 9.57 Å². The van der Waals surface area contributed by atoms with Crippen LogP contribution in [0.1, 0.15) is 48.0 Å². The van der Waals surface area contributed by atoms with Crippen molar-refractivity contribution in [3.63, 3.8) is 0 Å². The summed E-state index contributed by atoms with van der Waals surface area (Å²) in [5.41, 5.74) is 0.517. The van der Waals surface area contributed by atoms with E-state index in [1.165, 1.54) is 21.3 Å². The zero-order valence-corrected chi connectivity index (χ0v) is 21.0. The Morgan fingerprint density at radius 3 is 2.56 bits per heavy atom. The summed E-state index contributed by atoms with van der Waals surface area (Å²) in [6, 6.07) is 11.6. The summed E-state index contributed by atoms with van der Waals surface area (Å²) >= 11 is 6.11. The van der Waals surface area contributed by atoms with Crippen molar-refractivity contribution in [2.75, 3.05) is 33.8 Å². The normalized spacial score (nSPS) is 15.0. The first-order valence-corrected chi connectivity index (χ1v) is 13.1. The maximum Gasteiger partial charge on any atom is 0.256 e. The second-order valence-electron chi connectivity index (χ2n) is 8.49. The summed E-state index contributed by atoms with van der Waals surface area (Å²) in [6.45, 7) is 1.41. The number of piperidine rings is 1. The molecule has 0 bridgehead atoms. The number of aromatic nitrogens is 1. The van der Waals surface area contributed by atoms with Crippen LogP contribution in [0.25, 0.3) is 0 Å². The molecule has 1 fully saturated rings. The van der Waals surface area contributed by atoms with Gasteiger partial charge in [0.2, 0.25) is 15.9 Å². The zero-order chi connectivity index (χ0) is 24.7. The topological polar surface area (TPSA) is 104 Å². The Labute approximate surface area is 206 Å². The summed E-state index contributed by atoms with van der Waals surface area (Å²) in [4.78, 5) is 17.7. The van der Waals surface area contributed by atoms with Gasteiger partial charge in [0.1, 0.15) is 11.2 Å². The predicted molar refractivity (Wildman–Crippen MR) is 129 cm³/mol. The Balaban J connectivity index is 1.40. The molecule has 0 atom stereocenters. The average molecular weight is 505 g/mol. The minimum atomic E-state index is -3.66. The van der Waals surface area contributed by atoms with Crippen LogP contribution in [0.5, 0.6) is 5.88 Å². The van der Waals surface area contributed by atoms with E-state index in [0.29, 0.717) is 37.1 Å². The van der Waals surface area contributed by atoms with Crippen LogP contribution < -0.4 is 4.74 Å². The molecule has 1 aliphatic rings. The van der Waals surface area contributed by atoms with Gasteiger partial charge in [-0.25, -0.2) is 13.4 Å². The highest BCUT2D eigenvalue weighted by atomic mass is 35.5. The van der Waals surface area contributed by atoms with Gasteiger partial charge in [-0.1, -0.05) is 30.2 Å². The van der Waals surface area contributed by atoms with Crippen LogP contribution in [-0.2, 0) is 10.0 Å². The van der Waals surface area contributed by atoms with E-state index in [1.807, 2.05) is 6.07 Å². The maximum atomic E-state index is 12.9. The monoisotopic (exact) mass is 504 g/mol. The van der Waals surface area contributed by atoms with E-state index in [-0.39, 0.29) is 21.5 Å². The number of ether oxygens (including phenoxy) is 1. The Morgan fingerprint density at radius 1 is 1.21 bits per heavy atom. The number of halogens is 1. The van der Waals surface area contributed by atoms with Crippen molar-refractivity contribution < 1.29 is 17.9 Å². The maximum absolute atomic E-state index is 12.9. The number of nitrogens with zero attached hydrogens (tertiary/aromatic N) is 4. The van der Waals surface area contributed by atoms with Gasteiger partial charge in [-0.05, 0) is 49.8 Å². The van der Waals surface area contributed by atoms with E-state index in [1.54, 1.807) is 38.4 Å². The first-order chi connectivity index (χ1) is 16.2. The zero-order valence-electron chi connectivity index (χ0n) is 19.4. The van der Waals surface area contributed by atoms with Gasteiger partial charge in [0.15, 0.2) is 0 Å². The lowest BCUT2D eigenvalue weighted by atomic mass is 9.92. The minimum Gasteiger partial charge on any atom is -0.478 e. The number of amides is 1. The Hall–Kier alpha value is -2.67. The Kier molecular flexibility index (Phi) is 8.89. The number of carbonyl (C=O) groups excluding carboxylic acids is 1. The molecule has 0 spiro atoms. The van der Waals surface area contributed by atoms with E-state index in [2.05, 4.69) is 4.98 Å². The van der Waals surface area contributed by atoms with Crippen molar-refractivity contribution in [2.45, 2.75) is 37.0 Å². The van der Waals surface area contributed by atoms with Crippen LogP contribution in [0.3, 0.4) is 0 Å². The van der Waals surface area contributed by atoms with Gasteiger partial charge in [0.05, 0.1) is 22.6 Å². The second kappa shape index (κ2) is 11.6. The minimum absolute atomic E-state index is 0.0842. The summed E-state index contributed by atoms with van der Waals surface area (Å²) in [6.07, 6.45) is 4.39. The number of rotatable bonds is 9. The number of hydrogen-bond acceptors (Lipinski definition) is 6. The molecule has 0 N–H and O–H groups in total. The molecule has 0 radical (unpaired) electrons. The van der Waals surface area contributed by atoms with Gasteiger partial charge in [-0.15, -0.1) is 0 Å². The molecule has 8 nitrogen and oxygen atoms in total. The number of hydrogen-bond donors (Lipinski definition) is 0. The molecule has 2 heterocycles. The molecule has 10 heteroatoms. The third kappa shape index (κ3) is 6.26. The van der Waals surface area contributed by atoms with Gasteiger partial charge >= 0.3 is 0 Å². The number of pyridine rings is 1. The molecule has 34 heavy (non-hydrogen) atoms. The van der Waals surface area contributed by atoms with E-state index in [0.717, 1.165) is 32.1 Å². The number of unbranched alkanes of at least 4 members (excludes halogenated alkanes) is 1. The molecule has 0 unspecified atom stereocenters. The van der Waals surface area contributed by atoms with Crippen molar-refractivity contribution in [1.29, 1.82) is 5.26 Å². The Morgan fingerprint density at radius 2 is 1.91 bits per heavy atom. The summed E-state index contributed by atoms with van der Waals surface area (Å²) in [7, 11) is -0.351. The standard InChI is InChI=1S/C24H29ClN4O4S/c1-28(2)24(30)20-10-11-22(27-23(20)25)33-16-6-5-7-18-12-14-29(15-13-18)34(31,32)21-9-4-3-8-19(21)17-26/h3-4,8-11,18H,5-7,12-16H2,1-2H3. The fraction of sp³-hybridized carbons (Fsp3) is 0.458. The van der Waals surface area contributed by atoms with E-state index >= 15 is 0 Å². The van der Waals surface area contributed by atoms with Crippen LogP contribution in [0.2, 0.25) is 5.15 Å². The molecule has 1 aromatic heterocycles. The molecular formula is C24H29ClN4O4S. The Bertz CT molecular complexity index is 1160. The molecule has 1 amide bonds. The summed E-state index contributed by atoms with van der Waals surface area (Å²) in [5.74, 6) is 0.634. The fourth-order valence-electron chi connectivity index (χ4n) is 3.97. The van der Waals surface area contributed by atoms with Crippen LogP contribution in [0.4, 0.5) is 0 Å². The van der Waals surface area contributed by atoms with Crippen molar-refractivity contribution in [3.8, 4) is 11.9 Å². The summed E-state index contributed by atoms with van der Waals surface area (Å²) < 4.78 is 33.0. The van der Waals surface area contributed by atoms with Crippen molar-refractivity contribution in [1.82, 2.24) is 14.2 Å². The smallest absolute Gasteiger partial charge is 0.256 e. The number of sulfonamides is 1. The van der Waals surface area contributed by atoms with Gasteiger partial charge < -0.3 is 9.64 Å². The lowest BCUT2D eigenvalue weighted by molar-refractivity contribution is 0.0827. The van der Waals surface area contributed by atoms with Gasteiger partial charge in [0.25, 0.3) is 5.91 Å². The molecule has 1 aliphatic heterocycles. The highest BCUT2D eigenvalue weighted by Crippen LogP contribution is 2.28. The predicted octanol–water partition coefficient (Wildman–Crippen LogP) is 3.96. The number of carbonyl (C=O) groups is 1. The quantitative estimate of drug-likeness (QED) is 0.378. The lowest BCUT2D eigenvalue weighted by Crippen LogP contribution is -2.38. The molecule has 3 rings (SSSR count). The average Bonchev–Trinajstić information content (AvgIpc) is 2.83. The van der Waals surface area contributed by atoms with E-state index in [9.17, 15) is 18.5 Å². The summed E-state index contributed by atoms with van der Waals surface area (Å²) in [5, 5.41) is 9.35. The van der Waals surface area contributed by atoms with Gasteiger partial charge in [0, 0.05) is 33.3 Å². The second-order valence-corrected chi connectivity index (χ2v) is 10.8. The molecule has 1 aromatic carbocycles. The molecule has 182 valence electrons. The van der Waals surface area contributed by atoms with Crippen molar-refractivity contribution in [2.24, 2.45) is 5.92 Å². The molecular weight excluding hydrogens is 476 g/mol. The number of benzene rings is 1. The third-order valence-electron chi connectivity index (χ3n) is 5.92. The largest absolute Gasteiger partial charge is 0.478 e. The van der Waals surface area contributed by atoms with Crippen LogP contribution >= 0.6 is 11.6 Å². The molecule has 0 saturated carbocycles.